The zero-order chi connectivity index (χ0) is 13.8. The fourth-order valence-corrected chi connectivity index (χ4v) is 2.27. The van der Waals surface area contributed by atoms with Crippen LogP contribution in [0.4, 0.5) is 0 Å². The number of fused-ring (bicyclic) bond motifs is 1. The topological polar surface area (TPSA) is 27.7 Å². The summed E-state index contributed by atoms with van der Waals surface area (Å²) < 4.78 is 16.3. The molecule has 0 saturated heterocycles. The van der Waals surface area contributed by atoms with Gasteiger partial charge in [-0.15, -0.1) is 0 Å². The third-order valence-corrected chi connectivity index (χ3v) is 3.17. The highest BCUT2D eigenvalue weighted by Crippen LogP contribution is 2.43. The van der Waals surface area contributed by atoms with E-state index in [0.717, 1.165) is 23.6 Å². The molecule has 0 aliphatic carbocycles. The fraction of sp³-hybridized carbons (Fsp3) is 0.312. The van der Waals surface area contributed by atoms with E-state index in [1.807, 2.05) is 6.07 Å². The van der Waals surface area contributed by atoms with Crippen molar-refractivity contribution in [1.82, 2.24) is 0 Å². The molecule has 2 aromatic rings. The predicted molar refractivity (Wildman–Crippen MR) is 77.3 cm³/mol. The Morgan fingerprint density at radius 1 is 0.947 bits per heavy atom. The number of hydrogen-bond acceptors (Lipinski definition) is 3. The Morgan fingerprint density at radius 2 is 1.68 bits per heavy atom. The van der Waals surface area contributed by atoms with Gasteiger partial charge >= 0.3 is 0 Å². The minimum Gasteiger partial charge on any atom is -0.493 e. The first-order valence-electron chi connectivity index (χ1n) is 6.26. The Labute approximate surface area is 114 Å². The summed E-state index contributed by atoms with van der Waals surface area (Å²) in [5, 5.41) is 2.11. The van der Waals surface area contributed by atoms with E-state index in [1.165, 1.54) is 5.56 Å². The molecule has 0 aliphatic heterocycles. The standard InChI is InChI=1S/C16H19O3/c1-5-6-11-7-8-12-10-14(17-2)16(19-4)15(18-3)13(12)9-11/h7-10H,1,5-6H2,2-4H3. The van der Waals surface area contributed by atoms with Crippen LogP contribution in [0, 0.1) is 6.92 Å². The van der Waals surface area contributed by atoms with Gasteiger partial charge in [-0.1, -0.05) is 19.1 Å². The minimum atomic E-state index is 0.629. The Hall–Kier alpha value is -1.90. The number of rotatable bonds is 5. The zero-order valence-electron chi connectivity index (χ0n) is 11.7. The van der Waals surface area contributed by atoms with E-state index in [4.69, 9.17) is 14.2 Å². The fourth-order valence-electron chi connectivity index (χ4n) is 2.27. The summed E-state index contributed by atoms with van der Waals surface area (Å²) in [5.41, 5.74) is 1.24. The number of aryl methyl sites for hydroxylation is 1. The van der Waals surface area contributed by atoms with Gasteiger partial charge in [0, 0.05) is 5.39 Å². The third kappa shape index (κ3) is 2.46. The summed E-state index contributed by atoms with van der Waals surface area (Å²) in [4.78, 5) is 0. The molecule has 101 valence electrons. The van der Waals surface area contributed by atoms with Crippen molar-refractivity contribution < 1.29 is 14.2 Å². The van der Waals surface area contributed by atoms with Crippen LogP contribution in [0.25, 0.3) is 10.8 Å². The number of hydrogen-bond donors (Lipinski definition) is 0. The van der Waals surface area contributed by atoms with Crippen LogP contribution in [-0.4, -0.2) is 21.3 Å². The van der Waals surface area contributed by atoms with Gasteiger partial charge in [-0.2, -0.15) is 0 Å². The molecular weight excluding hydrogens is 240 g/mol. The molecule has 0 heterocycles. The molecule has 0 spiro atoms. The van der Waals surface area contributed by atoms with Gasteiger partial charge in [-0.05, 0) is 35.9 Å². The summed E-state index contributed by atoms with van der Waals surface area (Å²) >= 11 is 0. The first kappa shape index (κ1) is 13.5. The van der Waals surface area contributed by atoms with Crippen molar-refractivity contribution in [2.75, 3.05) is 21.3 Å². The second-order valence-electron chi connectivity index (χ2n) is 4.30. The summed E-state index contributed by atoms with van der Waals surface area (Å²) in [5.74, 6) is 2.02. The van der Waals surface area contributed by atoms with E-state index in [2.05, 4.69) is 25.1 Å². The average molecular weight is 259 g/mol. The van der Waals surface area contributed by atoms with Crippen LogP contribution >= 0.6 is 0 Å². The van der Waals surface area contributed by atoms with E-state index < -0.39 is 0 Å². The molecule has 0 aromatic heterocycles. The molecule has 0 atom stereocenters. The van der Waals surface area contributed by atoms with Crippen molar-refractivity contribution in [3.05, 3.63) is 36.8 Å². The molecule has 0 fully saturated rings. The molecule has 3 heteroatoms. The molecule has 3 nitrogen and oxygen atoms in total. The second-order valence-corrected chi connectivity index (χ2v) is 4.30. The molecule has 0 aliphatic rings. The monoisotopic (exact) mass is 259 g/mol. The van der Waals surface area contributed by atoms with Crippen LogP contribution in [0.3, 0.4) is 0 Å². The van der Waals surface area contributed by atoms with Crippen molar-refractivity contribution in [1.29, 1.82) is 0 Å². The maximum atomic E-state index is 5.50. The van der Waals surface area contributed by atoms with Crippen LogP contribution in [0.5, 0.6) is 17.2 Å². The Balaban J connectivity index is 2.71. The lowest BCUT2D eigenvalue weighted by Gasteiger charge is -2.15. The second kappa shape index (κ2) is 5.83. The van der Waals surface area contributed by atoms with Crippen molar-refractivity contribution in [2.24, 2.45) is 0 Å². The molecular formula is C16H19O3. The van der Waals surface area contributed by atoms with E-state index in [-0.39, 0.29) is 0 Å². The Bertz CT molecular complexity index is 576. The largest absolute Gasteiger partial charge is 0.493 e. The van der Waals surface area contributed by atoms with Crippen molar-refractivity contribution >= 4 is 10.8 Å². The van der Waals surface area contributed by atoms with Gasteiger partial charge in [0.2, 0.25) is 5.75 Å². The Morgan fingerprint density at radius 3 is 2.26 bits per heavy atom. The van der Waals surface area contributed by atoms with Crippen molar-refractivity contribution in [3.8, 4) is 17.2 Å². The first-order valence-corrected chi connectivity index (χ1v) is 6.26. The molecule has 0 bridgehead atoms. The maximum absolute atomic E-state index is 5.50. The van der Waals surface area contributed by atoms with Gasteiger partial charge in [0.25, 0.3) is 0 Å². The lowest BCUT2D eigenvalue weighted by Crippen LogP contribution is -1.96. The molecule has 0 amide bonds. The molecule has 19 heavy (non-hydrogen) atoms. The van der Waals surface area contributed by atoms with Crippen LogP contribution < -0.4 is 14.2 Å². The third-order valence-electron chi connectivity index (χ3n) is 3.17. The van der Waals surface area contributed by atoms with Crippen molar-refractivity contribution in [2.45, 2.75) is 12.8 Å². The van der Waals surface area contributed by atoms with Crippen LogP contribution in [0.15, 0.2) is 24.3 Å². The number of methoxy groups -OCH3 is 3. The smallest absolute Gasteiger partial charge is 0.203 e. The quantitative estimate of drug-likeness (QED) is 0.820. The lowest BCUT2D eigenvalue weighted by atomic mass is 10.0. The summed E-state index contributed by atoms with van der Waals surface area (Å²) in [7, 11) is 4.89. The van der Waals surface area contributed by atoms with Crippen LogP contribution in [-0.2, 0) is 6.42 Å². The molecule has 0 saturated carbocycles. The average Bonchev–Trinajstić information content (AvgIpc) is 2.45. The SMILES string of the molecule is [CH2]CCc1ccc2cc(OC)c(OC)c(OC)c2c1. The molecule has 0 unspecified atom stereocenters. The summed E-state index contributed by atoms with van der Waals surface area (Å²) in [6.07, 6.45) is 1.83. The number of benzene rings is 2. The predicted octanol–water partition coefficient (Wildman–Crippen LogP) is 3.63. The van der Waals surface area contributed by atoms with E-state index >= 15 is 0 Å². The highest BCUT2D eigenvalue weighted by atomic mass is 16.5. The first-order chi connectivity index (χ1) is 9.24. The van der Waals surface area contributed by atoms with Gasteiger partial charge in [-0.25, -0.2) is 0 Å². The van der Waals surface area contributed by atoms with E-state index in [9.17, 15) is 0 Å². The lowest BCUT2D eigenvalue weighted by molar-refractivity contribution is 0.327. The summed E-state index contributed by atoms with van der Waals surface area (Å²) in [6.45, 7) is 3.89. The highest BCUT2D eigenvalue weighted by molar-refractivity contribution is 5.93. The van der Waals surface area contributed by atoms with Gasteiger partial charge in [0.15, 0.2) is 11.5 Å². The van der Waals surface area contributed by atoms with Crippen molar-refractivity contribution in [3.63, 3.8) is 0 Å². The van der Waals surface area contributed by atoms with Crippen LogP contribution in [0.2, 0.25) is 0 Å². The van der Waals surface area contributed by atoms with E-state index in [1.54, 1.807) is 21.3 Å². The van der Waals surface area contributed by atoms with Gasteiger partial charge in [0.05, 0.1) is 21.3 Å². The van der Waals surface area contributed by atoms with Gasteiger partial charge in [0.1, 0.15) is 0 Å². The number of ether oxygens (including phenoxy) is 3. The maximum Gasteiger partial charge on any atom is 0.203 e. The van der Waals surface area contributed by atoms with Gasteiger partial charge < -0.3 is 14.2 Å². The molecule has 2 rings (SSSR count). The van der Waals surface area contributed by atoms with Gasteiger partial charge in [-0.3, -0.25) is 0 Å². The van der Waals surface area contributed by atoms with Crippen LogP contribution in [0.1, 0.15) is 12.0 Å². The summed E-state index contributed by atoms with van der Waals surface area (Å²) in [6, 6.07) is 8.27. The zero-order valence-corrected chi connectivity index (χ0v) is 11.7. The normalized spacial score (nSPS) is 10.5. The van der Waals surface area contributed by atoms with E-state index in [0.29, 0.717) is 17.2 Å². The Kier molecular flexibility index (Phi) is 4.15. The molecule has 1 radical (unpaired) electrons. The molecule has 0 N–H and O–H groups in total. The highest BCUT2D eigenvalue weighted by Gasteiger charge is 2.15. The minimum absolute atomic E-state index is 0.629. The molecule has 2 aromatic carbocycles.